The van der Waals surface area contributed by atoms with Crippen LogP contribution in [0.3, 0.4) is 0 Å². The van der Waals surface area contributed by atoms with E-state index in [1.54, 1.807) is 6.92 Å². The summed E-state index contributed by atoms with van der Waals surface area (Å²) in [7, 11) is 0. The Labute approximate surface area is 175 Å². The van der Waals surface area contributed by atoms with E-state index in [4.69, 9.17) is 8.83 Å². The summed E-state index contributed by atoms with van der Waals surface area (Å²) in [5.41, 5.74) is -1.26. The zero-order chi connectivity index (χ0) is 18.3. The number of aryl methyl sites for hydroxylation is 1. The van der Waals surface area contributed by atoms with E-state index in [9.17, 15) is 29.4 Å². The zero-order valence-electron chi connectivity index (χ0n) is 13.6. The Hall–Kier alpha value is -2.16. The number of fused-ring (bicyclic) bond motifs is 2. The van der Waals surface area contributed by atoms with Gasteiger partial charge in [0, 0.05) is 55.4 Å². The Kier molecular flexibility index (Phi) is 5.90. The van der Waals surface area contributed by atoms with Crippen molar-refractivity contribution in [2.75, 3.05) is 0 Å². The van der Waals surface area contributed by atoms with Crippen LogP contribution in [0.2, 0.25) is 0 Å². The van der Waals surface area contributed by atoms with E-state index in [0.29, 0.717) is 6.42 Å². The summed E-state index contributed by atoms with van der Waals surface area (Å²) in [5, 5.41) is 22.0. The number of aromatic carboxylic acids is 2. The van der Waals surface area contributed by atoms with Gasteiger partial charge in [0.1, 0.15) is 23.1 Å². The summed E-state index contributed by atoms with van der Waals surface area (Å²) in [4.78, 5) is 46.5. The van der Waals surface area contributed by atoms with Crippen molar-refractivity contribution in [2.24, 2.45) is 0 Å². The van der Waals surface area contributed by atoms with E-state index in [2.05, 4.69) is 0 Å². The van der Waals surface area contributed by atoms with Crippen LogP contribution in [0.25, 0.3) is 21.9 Å². The van der Waals surface area contributed by atoms with Crippen molar-refractivity contribution in [3.05, 3.63) is 55.7 Å². The van der Waals surface area contributed by atoms with Crippen LogP contribution in [0.1, 0.15) is 40.0 Å². The molecule has 1 aromatic carbocycles. The fraction of sp³-hybridized carbons (Fsp3) is 0.176. The maximum absolute atomic E-state index is 12.2. The molecule has 3 aromatic rings. The van der Waals surface area contributed by atoms with Gasteiger partial charge in [0.2, 0.25) is 0 Å². The summed E-state index contributed by atoms with van der Waals surface area (Å²) >= 11 is 0. The molecule has 0 saturated carbocycles. The fourth-order valence-corrected chi connectivity index (χ4v) is 2.65. The molecular weight excluding hydrogens is 372 g/mol. The molecule has 130 valence electrons. The van der Waals surface area contributed by atoms with Gasteiger partial charge >= 0.3 is 0 Å². The molecule has 0 fully saturated rings. The van der Waals surface area contributed by atoms with Gasteiger partial charge in [0.15, 0.2) is 22.4 Å². The molecule has 0 aliphatic heterocycles. The van der Waals surface area contributed by atoms with Gasteiger partial charge in [0.05, 0.1) is 10.8 Å². The maximum Gasteiger partial charge on any atom is 0.193 e. The molecule has 0 aliphatic carbocycles. The number of benzene rings is 1. The molecule has 9 heteroatoms. The van der Waals surface area contributed by atoms with Crippen LogP contribution in [0, 0.1) is 0 Å². The molecule has 0 bridgehead atoms. The second-order valence-corrected chi connectivity index (χ2v) is 5.38. The SMILES string of the molecule is CCCc1c2oc(C(=O)[O-])cc(=O)c2cc2c(=O)cc(C(=O)[O-])oc12.[Ca]. The minimum absolute atomic E-state index is 0. The maximum atomic E-state index is 12.2. The summed E-state index contributed by atoms with van der Waals surface area (Å²) < 4.78 is 10.5. The predicted molar refractivity (Wildman–Crippen MR) is 86.9 cm³/mol. The summed E-state index contributed by atoms with van der Waals surface area (Å²) in [6, 6.07) is 2.71. The smallest absolute Gasteiger partial charge is 0.193 e. The minimum Gasteiger partial charge on any atom is -0.542 e. The molecule has 0 aliphatic rings. The number of carbonyl (C=O) groups excluding carboxylic acids is 2. The molecular formula is C17H10CaO8-2. The number of rotatable bonds is 4. The molecule has 26 heavy (non-hydrogen) atoms. The Morgan fingerprint density at radius 1 is 0.885 bits per heavy atom. The van der Waals surface area contributed by atoms with Crippen molar-refractivity contribution in [3.8, 4) is 0 Å². The molecule has 0 atom stereocenters. The average Bonchev–Trinajstić information content (AvgIpc) is 2.55. The van der Waals surface area contributed by atoms with Gasteiger partial charge in [-0.05, 0) is 12.5 Å². The first kappa shape index (κ1) is 20.2. The van der Waals surface area contributed by atoms with E-state index in [0.717, 1.165) is 12.1 Å². The van der Waals surface area contributed by atoms with Gasteiger partial charge < -0.3 is 28.6 Å². The third-order valence-corrected chi connectivity index (χ3v) is 3.71. The number of carboxylic acid groups (broad SMARTS) is 2. The van der Waals surface area contributed by atoms with Gasteiger partial charge in [-0.25, -0.2) is 0 Å². The van der Waals surface area contributed by atoms with Crippen LogP contribution in [0.4, 0.5) is 0 Å². The monoisotopic (exact) mass is 382 g/mol. The molecule has 0 saturated heterocycles. The second kappa shape index (κ2) is 7.61. The Morgan fingerprint density at radius 2 is 1.31 bits per heavy atom. The fourth-order valence-electron chi connectivity index (χ4n) is 2.65. The first-order chi connectivity index (χ1) is 11.8. The van der Waals surface area contributed by atoms with E-state index < -0.39 is 34.3 Å². The number of hydrogen-bond donors (Lipinski definition) is 0. The molecule has 0 N–H and O–H groups in total. The van der Waals surface area contributed by atoms with Crippen molar-refractivity contribution in [3.63, 3.8) is 0 Å². The number of carbonyl (C=O) groups is 2. The molecule has 2 radical (unpaired) electrons. The zero-order valence-corrected chi connectivity index (χ0v) is 15.8. The summed E-state index contributed by atoms with van der Waals surface area (Å²) in [5.74, 6) is -4.70. The van der Waals surface area contributed by atoms with Crippen LogP contribution in [-0.4, -0.2) is 49.7 Å². The standard InChI is InChI=1S/C17H12O8.Ca/c1-2-3-7-14-8(10(18)5-12(24-14)16(20)21)4-9-11(19)6-13(17(22)23)25-15(7)9;/h4-6H,2-3H2,1H3,(H,20,21)(H,22,23);/p-2. The van der Waals surface area contributed by atoms with Gasteiger partial charge in [-0.3, -0.25) is 9.59 Å². The van der Waals surface area contributed by atoms with Crippen molar-refractivity contribution in [1.29, 1.82) is 0 Å². The van der Waals surface area contributed by atoms with Gasteiger partial charge in [-0.15, -0.1) is 0 Å². The molecule has 8 nitrogen and oxygen atoms in total. The average molecular weight is 382 g/mol. The van der Waals surface area contributed by atoms with Gasteiger partial charge in [0.25, 0.3) is 0 Å². The minimum atomic E-state index is -1.67. The number of carboxylic acids is 2. The van der Waals surface area contributed by atoms with E-state index in [1.807, 2.05) is 0 Å². The Balaban J connectivity index is 0.00000243. The van der Waals surface area contributed by atoms with Crippen LogP contribution in [0.15, 0.2) is 36.6 Å². The van der Waals surface area contributed by atoms with E-state index in [-0.39, 0.29) is 71.7 Å². The van der Waals surface area contributed by atoms with Crippen LogP contribution in [0.5, 0.6) is 0 Å². The van der Waals surface area contributed by atoms with E-state index >= 15 is 0 Å². The summed E-state index contributed by atoms with van der Waals surface area (Å²) in [6.45, 7) is 1.80. The van der Waals surface area contributed by atoms with Crippen LogP contribution in [-0.2, 0) is 6.42 Å². The second-order valence-electron chi connectivity index (χ2n) is 5.38. The van der Waals surface area contributed by atoms with Crippen molar-refractivity contribution < 1.29 is 28.6 Å². The quantitative estimate of drug-likeness (QED) is 0.422. The van der Waals surface area contributed by atoms with Crippen molar-refractivity contribution in [2.45, 2.75) is 19.8 Å². The van der Waals surface area contributed by atoms with Gasteiger partial charge in [-0.2, -0.15) is 0 Å². The third kappa shape index (κ3) is 3.40. The van der Waals surface area contributed by atoms with Gasteiger partial charge in [-0.1, -0.05) is 13.3 Å². The normalized spacial score (nSPS) is 10.7. The Morgan fingerprint density at radius 3 is 1.65 bits per heavy atom. The number of hydrogen-bond acceptors (Lipinski definition) is 8. The molecule has 2 heterocycles. The molecule has 0 unspecified atom stereocenters. The largest absolute Gasteiger partial charge is 0.542 e. The molecule has 3 rings (SSSR count). The topological polar surface area (TPSA) is 141 Å². The Bertz CT molecular complexity index is 1070. The van der Waals surface area contributed by atoms with Crippen LogP contribution >= 0.6 is 0 Å². The third-order valence-electron chi connectivity index (χ3n) is 3.71. The molecule has 0 amide bonds. The first-order valence-electron chi connectivity index (χ1n) is 7.33. The predicted octanol–water partition coefficient (Wildman–Crippen LogP) is -0.802. The molecule has 2 aromatic heterocycles. The van der Waals surface area contributed by atoms with Crippen molar-refractivity contribution >= 4 is 71.6 Å². The van der Waals surface area contributed by atoms with E-state index in [1.165, 1.54) is 6.07 Å². The summed E-state index contributed by atoms with van der Waals surface area (Å²) in [6.07, 6.45) is 0.791. The van der Waals surface area contributed by atoms with Crippen molar-refractivity contribution in [1.82, 2.24) is 0 Å². The van der Waals surface area contributed by atoms with Crippen LogP contribution < -0.4 is 21.1 Å². The molecule has 0 spiro atoms. The first-order valence-corrected chi connectivity index (χ1v) is 7.33.